The molecule has 0 amide bonds. The molecule has 0 aromatic rings. The average molecular weight is 561 g/mol. The van der Waals surface area contributed by atoms with Gasteiger partial charge in [-0.1, -0.05) is 194 Å². The van der Waals surface area contributed by atoms with E-state index >= 15 is 0 Å². The number of unbranched alkanes of at least 4 members (excludes halogenated alkanes) is 28. The molecule has 0 N–H and O–H groups in total. The van der Waals surface area contributed by atoms with Crippen LogP contribution in [0.2, 0.25) is 0 Å². The maximum Gasteiger partial charge on any atom is 0.100 e. The first-order chi connectivity index (χ1) is 19.8. The molecular formula is C38H76N2. The predicted molar refractivity (Wildman–Crippen MR) is 182 cm³/mol. The zero-order valence-corrected chi connectivity index (χ0v) is 28.3. The molecule has 0 spiro atoms. The van der Waals surface area contributed by atoms with Crippen LogP contribution in [-0.4, -0.2) is 29.6 Å². The van der Waals surface area contributed by atoms with Gasteiger partial charge < -0.3 is 9.80 Å². The first kappa shape index (κ1) is 37.4. The zero-order valence-electron chi connectivity index (χ0n) is 28.3. The average Bonchev–Trinajstić information content (AvgIpc) is 3.31. The van der Waals surface area contributed by atoms with Crippen LogP contribution in [0.4, 0.5) is 0 Å². The molecule has 0 fully saturated rings. The lowest BCUT2D eigenvalue weighted by Gasteiger charge is -2.30. The number of nitrogens with zero attached hydrogens (tertiary/aromatic N) is 2. The Balaban J connectivity index is 1.86. The Bertz CT molecular complexity index is 516. The number of hydrogen-bond acceptors (Lipinski definition) is 2. The van der Waals surface area contributed by atoms with Gasteiger partial charge in [-0.2, -0.15) is 0 Å². The summed E-state index contributed by atoms with van der Waals surface area (Å²) in [5.74, 6) is 0. The molecule has 1 aliphatic heterocycles. The summed E-state index contributed by atoms with van der Waals surface area (Å²) < 4.78 is 0. The second-order valence-corrected chi connectivity index (χ2v) is 13.4. The van der Waals surface area contributed by atoms with Crippen LogP contribution < -0.4 is 0 Å². The van der Waals surface area contributed by atoms with E-state index in [4.69, 9.17) is 0 Å². The van der Waals surface area contributed by atoms with Gasteiger partial charge in [0.25, 0.3) is 0 Å². The van der Waals surface area contributed by atoms with Crippen LogP contribution >= 0.6 is 0 Å². The molecule has 1 aliphatic rings. The molecule has 1 unspecified atom stereocenters. The predicted octanol–water partition coefficient (Wildman–Crippen LogP) is 13.2. The summed E-state index contributed by atoms with van der Waals surface area (Å²) in [6.07, 6.45) is 50.1. The van der Waals surface area contributed by atoms with Crippen LogP contribution in [-0.2, 0) is 0 Å². The van der Waals surface area contributed by atoms with Crippen molar-refractivity contribution in [2.45, 2.75) is 219 Å². The van der Waals surface area contributed by atoms with Gasteiger partial charge in [-0.25, -0.2) is 0 Å². The van der Waals surface area contributed by atoms with Crippen LogP contribution in [0.25, 0.3) is 0 Å². The number of rotatable bonds is 32. The topological polar surface area (TPSA) is 6.48 Å². The Labute approximate surface area is 254 Å². The highest BCUT2D eigenvalue weighted by molar-refractivity contribution is 4.95. The third kappa shape index (κ3) is 23.0. The third-order valence-electron chi connectivity index (χ3n) is 9.43. The van der Waals surface area contributed by atoms with Crippen molar-refractivity contribution in [3.05, 3.63) is 12.4 Å². The summed E-state index contributed by atoms with van der Waals surface area (Å²) in [5, 5.41) is 0. The summed E-state index contributed by atoms with van der Waals surface area (Å²) in [6, 6.07) is 0. The molecule has 2 heteroatoms. The Morgan fingerprint density at radius 1 is 0.375 bits per heavy atom. The maximum absolute atomic E-state index is 2.63. The quantitative estimate of drug-likeness (QED) is 0.0755. The lowest BCUT2D eigenvalue weighted by atomic mass is 10.0. The summed E-state index contributed by atoms with van der Waals surface area (Å²) >= 11 is 0. The Morgan fingerprint density at radius 2 is 0.675 bits per heavy atom. The van der Waals surface area contributed by atoms with Crippen LogP contribution in [0.3, 0.4) is 0 Å². The van der Waals surface area contributed by atoms with Gasteiger partial charge in [-0.15, -0.1) is 0 Å². The fourth-order valence-corrected chi connectivity index (χ4v) is 6.58. The molecule has 0 saturated heterocycles. The second-order valence-electron chi connectivity index (χ2n) is 13.4. The lowest BCUT2D eigenvalue weighted by Crippen LogP contribution is -2.37. The summed E-state index contributed by atoms with van der Waals surface area (Å²) in [4.78, 5) is 5.08. The second kappa shape index (κ2) is 29.8. The van der Waals surface area contributed by atoms with Crippen molar-refractivity contribution in [2.24, 2.45) is 0 Å². The SMILES string of the molecule is CCCCCCCCCCCCCCCCCCN1C=CN(C)C1CCCCCCCCCCCCCCCC. The van der Waals surface area contributed by atoms with Gasteiger partial charge in [0, 0.05) is 26.0 Å². The molecule has 40 heavy (non-hydrogen) atoms. The van der Waals surface area contributed by atoms with Crippen LogP contribution in [0.15, 0.2) is 12.4 Å². The fraction of sp³-hybridized carbons (Fsp3) is 0.947. The summed E-state index contributed by atoms with van der Waals surface area (Å²) in [7, 11) is 2.28. The molecular weight excluding hydrogens is 484 g/mol. The normalized spacial score (nSPS) is 15.1. The first-order valence-electron chi connectivity index (χ1n) is 19.0. The van der Waals surface area contributed by atoms with Crippen molar-refractivity contribution in [3.8, 4) is 0 Å². The van der Waals surface area contributed by atoms with Crippen molar-refractivity contribution in [3.63, 3.8) is 0 Å². The molecule has 1 atom stereocenters. The molecule has 0 saturated carbocycles. The van der Waals surface area contributed by atoms with Crippen LogP contribution in [0.1, 0.15) is 213 Å². The van der Waals surface area contributed by atoms with E-state index in [1.165, 1.54) is 206 Å². The minimum Gasteiger partial charge on any atom is -0.359 e. The highest BCUT2D eigenvalue weighted by Gasteiger charge is 2.22. The number of hydrogen-bond donors (Lipinski definition) is 0. The van der Waals surface area contributed by atoms with Crippen molar-refractivity contribution in [1.29, 1.82) is 0 Å². The standard InChI is InChI=1S/C38H76N2/c1-4-6-8-10-12-14-16-18-20-21-23-25-27-29-31-33-35-40-37-36-39(3)38(40)34-32-30-28-26-24-22-19-17-15-13-11-9-7-5-2/h36-38H,4-35H2,1-3H3. The van der Waals surface area contributed by atoms with Gasteiger partial charge in [0.15, 0.2) is 0 Å². The van der Waals surface area contributed by atoms with E-state index < -0.39 is 0 Å². The largest absolute Gasteiger partial charge is 0.359 e. The summed E-state index contributed by atoms with van der Waals surface area (Å²) in [5.41, 5.74) is 0. The Morgan fingerprint density at radius 3 is 1.02 bits per heavy atom. The van der Waals surface area contributed by atoms with Gasteiger partial charge in [0.2, 0.25) is 0 Å². The fourth-order valence-electron chi connectivity index (χ4n) is 6.58. The molecule has 1 heterocycles. The Hall–Kier alpha value is -0.660. The molecule has 1 rings (SSSR count). The molecule has 0 aliphatic carbocycles. The first-order valence-corrected chi connectivity index (χ1v) is 19.0. The third-order valence-corrected chi connectivity index (χ3v) is 9.43. The van der Waals surface area contributed by atoms with E-state index in [0.29, 0.717) is 6.17 Å². The van der Waals surface area contributed by atoms with E-state index in [-0.39, 0.29) is 0 Å². The van der Waals surface area contributed by atoms with Gasteiger partial charge in [0.1, 0.15) is 6.17 Å². The molecule has 0 aromatic carbocycles. The van der Waals surface area contributed by atoms with E-state index in [0.717, 1.165) is 0 Å². The van der Waals surface area contributed by atoms with E-state index in [1.807, 2.05) is 0 Å². The minimum atomic E-state index is 0.619. The van der Waals surface area contributed by atoms with Gasteiger partial charge in [-0.05, 0) is 19.3 Å². The molecule has 238 valence electrons. The summed E-state index contributed by atoms with van der Waals surface area (Å²) in [6.45, 7) is 5.87. The van der Waals surface area contributed by atoms with Gasteiger partial charge in [0.05, 0.1) is 0 Å². The van der Waals surface area contributed by atoms with Crippen molar-refractivity contribution >= 4 is 0 Å². The molecule has 0 bridgehead atoms. The van der Waals surface area contributed by atoms with E-state index in [2.05, 4.69) is 43.1 Å². The highest BCUT2D eigenvalue weighted by Crippen LogP contribution is 2.22. The lowest BCUT2D eigenvalue weighted by molar-refractivity contribution is 0.159. The maximum atomic E-state index is 2.63. The van der Waals surface area contributed by atoms with Crippen molar-refractivity contribution < 1.29 is 0 Å². The highest BCUT2D eigenvalue weighted by atomic mass is 15.4. The van der Waals surface area contributed by atoms with Crippen molar-refractivity contribution in [1.82, 2.24) is 9.80 Å². The molecule has 2 nitrogen and oxygen atoms in total. The molecule has 0 radical (unpaired) electrons. The van der Waals surface area contributed by atoms with E-state index in [9.17, 15) is 0 Å². The minimum absolute atomic E-state index is 0.619. The zero-order chi connectivity index (χ0) is 28.8. The van der Waals surface area contributed by atoms with Gasteiger partial charge in [-0.3, -0.25) is 0 Å². The van der Waals surface area contributed by atoms with Gasteiger partial charge >= 0.3 is 0 Å². The van der Waals surface area contributed by atoms with Crippen LogP contribution in [0, 0.1) is 0 Å². The Kier molecular flexibility index (Phi) is 27.9. The van der Waals surface area contributed by atoms with E-state index in [1.54, 1.807) is 0 Å². The monoisotopic (exact) mass is 561 g/mol. The smallest absolute Gasteiger partial charge is 0.100 e. The molecule has 0 aromatic heterocycles. The van der Waals surface area contributed by atoms with Crippen LogP contribution in [0.5, 0.6) is 0 Å². The van der Waals surface area contributed by atoms with Crippen molar-refractivity contribution in [2.75, 3.05) is 13.6 Å².